The van der Waals surface area contributed by atoms with Crippen LogP contribution in [0.4, 0.5) is 14.5 Å². The molecule has 0 amide bonds. The molecule has 0 aliphatic carbocycles. The van der Waals surface area contributed by atoms with Crippen LogP contribution in [0.3, 0.4) is 0 Å². The number of halogens is 3. The molecule has 0 heterocycles. The van der Waals surface area contributed by atoms with Crippen molar-refractivity contribution in [3.05, 3.63) is 28.2 Å². The number of nitrogens with one attached hydrogen (secondary N) is 1. The van der Waals surface area contributed by atoms with E-state index in [1.54, 1.807) is 6.92 Å². The number of rotatable bonds is 4. The van der Waals surface area contributed by atoms with Crippen LogP contribution in [-0.4, -0.2) is 18.6 Å². The number of esters is 1. The van der Waals surface area contributed by atoms with Crippen molar-refractivity contribution in [3.8, 4) is 0 Å². The Kier molecular flexibility index (Phi) is 4.86. The smallest absolute Gasteiger partial charge is 0.328 e. The van der Waals surface area contributed by atoms with Gasteiger partial charge in [-0.2, -0.15) is 0 Å². The SMILES string of the molecule is CCOC(=O)C(C)Nc1c(F)cc(F)cc1Br. The maximum atomic E-state index is 13.4. The van der Waals surface area contributed by atoms with Crippen LogP contribution in [0, 0.1) is 11.6 Å². The van der Waals surface area contributed by atoms with E-state index < -0.39 is 23.6 Å². The van der Waals surface area contributed by atoms with Gasteiger partial charge in [0.25, 0.3) is 0 Å². The lowest BCUT2D eigenvalue weighted by atomic mass is 10.2. The second kappa shape index (κ2) is 5.95. The van der Waals surface area contributed by atoms with E-state index in [0.29, 0.717) is 0 Å². The number of hydrogen-bond donors (Lipinski definition) is 1. The fourth-order valence-corrected chi connectivity index (χ4v) is 1.75. The molecule has 1 rings (SSSR count). The zero-order valence-electron chi connectivity index (χ0n) is 9.39. The van der Waals surface area contributed by atoms with E-state index in [1.807, 2.05) is 0 Å². The van der Waals surface area contributed by atoms with Gasteiger partial charge in [-0.25, -0.2) is 13.6 Å². The van der Waals surface area contributed by atoms with E-state index in [4.69, 9.17) is 4.74 Å². The first-order valence-corrected chi connectivity index (χ1v) is 5.82. The number of ether oxygens (including phenoxy) is 1. The van der Waals surface area contributed by atoms with Crippen LogP contribution in [-0.2, 0) is 9.53 Å². The fraction of sp³-hybridized carbons (Fsp3) is 0.364. The zero-order valence-corrected chi connectivity index (χ0v) is 11.0. The van der Waals surface area contributed by atoms with Gasteiger partial charge < -0.3 is 10.1 Å². The minimum absolute atomic E-state index is 0.0342. The van der Waals surface area contributed by atoms with Gasteiger partial charge in [0.1, 0.15) is 17.7 Å². The number of hydrogen-bond acceptors (Lipinski definition) is 3. The number of carbonyl (C=O) groups excluding carboxylic acids is 1. The predicted octanol–water partition coefficient (Wildman–Crippen LogP) is 3.09. The molecule has 3 nitrogen and oxygen atoms in total. The third-order valence-corrected chi connectivity index (χ3v) is 2.63. The largest absolute Gasteiger partial charge is 0.464 e. The van der Waals surface area contributed by atoms with Crippen LogP contribution < -0.4 is 5.32 Å². The van der Waals surface area contributed by atoms with Gasteiger partial charge in [-0.15, -0.1) is 0 Å². The Hall–Kier alpha value is -1.17. The van der Waals surface area contributed by atoms with E-state index in [0.717, 1.165) is 12.1 Å². The summed E-state index contributed by atoms with van der Waals surface area (Å²) in [6.45, 7) is 3.46. The highest BCUT2D eigenvalue weighted by Gasteiger charge is 2.17. The molecule has 0 aliphatic heterocycles. The summed E-state index contributed by atoms with van der Waals surface area (Å²) in [6, 6.07) is 1.14. The molecule has 0 saturated heterocycles. The van der Waals surface area contributed by atoms with E-state index in [1.165, 1.54) is 6.92 Å². The first kappa shape index (κ1) is 13.9. The Morgan fingerprint density at radius 3 is 2.71 bits per heavy atom. The molecule has 17 heavy (non-hydrogen) atoms. The van der Waals surface area contributed by atoms with Gasteiger partial charge in [-0.05, 0) is 35.8 Å². The fourth-order valence-electron chi connectivity index (χ4n) is 1.22. The van der Waals surface area contributed by atoms with Crippen molar-refractivity contribution in [1.29, 1.82) is 0 Å². The van der Waals surface area contributed by atoms with Gasteiger partial charge in [0.15, 0.2) is 0 Å². The molecule has 0 spiro atoms. The predicted molar refractivity (Wildman–Crippen MR) is 63.8 cm³/mol. The average molecular weight is 308 g/mol. The number of carbonyl (C=O) groups is 1. The Balaban J connectivity index is 2.85. The number of anilines is 1. The molecule has 0 aliphatic rings. The highest BCUT2D eigenvalue weighted by Crippen LogP contribution is 2.27. The van der Waals surface area contributed by atoms with E-state index in [9.17, 15) is 13.6 Å². The van der Waals surface area contributed by atoms with Gasteiger partial charge in [-0.3, -0.25) is 0 Å². The Bertz CT molecular complexity index is 403. The van der Waals surface area contributed by atoms with Crippen molar-refractivity contribution in [2.24, 2.45) is 0 Å². The normalized spacial score (nSPS) is 12.1. The lowest BCUT2D eigenvalue weighted by molar-refractivity contribution is -0.143. The van der Waals surface area contributed by atoms with Crippen LogP contribution in [0.25, 0.3) is 0 Å². The Morgan fingerprint density at radius 1 is 1.53 bits per heavy atom. The molecule has 1 aromatic rings. The van der Waals surface area contributed by atoms with E-state index in [-0.39, 0.29) is 16.8 Å². The summed E-state index contributed by atoms with van der Waals surface area (Å²) in [5.74, 6) is -1.96. The van der Waals surface area contributed by atoms with Crippen molar-refractivity contribution >= 4 is 27.6 Å². The molecule has 1 atom stereocenters. The summed E-state index contributed by atoms with van der Waals surface area (Å²) >= 11 is 3.02. The van der Waals surface area contributed by atoms with Crippen LogP contribution in [0.1, 0.15) is 13.8 Å². The highest BCUT2D eigenvalue weighted by atomic mass is 79.9. The van der Waals surface area contributed by atoms with Crippen LogP contribution in [0.2, 0.25) is 0 Å². The molecule has 1 N–H and O–H groups in total. The topological polar surface area (TPSA) is 38.3 Å². The Labute approximate surface area is 106 Å². The summed E-state index contributed by atoms with van der Waals surface area (Å²) in [5, 5.41) is 2.63. The van der Waals surface area contributed by atoms with Gasteiger partial charge in [0.2, 0.25) is 0 Å². The third kappa shape index (κ3) is 3.66. The summed E-state index contributed by atoms with van der Waals surface area (Å²) in [5.41, 5.74) is 0.0342. The molecule has 0 aromatic heterocycles. The zero-order chi connectivity index (χ0) is 13.0. The molecule has 6 heteroatoms. The average Bonchev–Trinajstić information content (AvgIpc) is 2.23. The van der Waals surface area contributed by atoms with Crippen molar-refractivity contribution in [3.63, 3.8) is 0 Å². The van der Waals surface area contributed by atoms with E-state index >= 15 is 0 Å². The number of benzene rings is 1. The van der Waals surface area contributed by atoms with Crippen LogP contribution in [0.5, 0.6) is 0 Å². The first-order valence-electron chi connectivity index (χ1n) is 5.03. The van der Waals surface area contributed by atoms with Crippen molar-refractivity contribution in [2.75, 3.05) is 11.9 Å². The molecule has 1 unspecified atom stereocenters. The molecular weight excluding hydrogens is 296 g/mol. The first-order chi connectivity index (χ1) is 7.95. The highest BCUT2D eigenvalue weighted by molar-refractivity contribution is 9.10. The van der Waals surface area contributed by atoms with Crippen molar-refractivity contribution in [1.82, 2.24) is 0 Å². The molecule has 0 radical (unpaired) electrons. The molecule has 0 saturated carbocycles. The maximum Gasteiger partial charge on any atom is 0.328 e. The van der Waals surface area contributed by atoms with Gasteiger partial charge in [-0.1, -0.05) is 0 Å². The summed E-state index contributed by atoms with van der Waals surface area (Å²) in [4.78, 5) is 11.3. The third-order valence-electron chi connectivity index (χ3n) is 2.01. The van der Waals surface area contributed by atoms with Gasteiger partial charge in [0.05, 0.1) is 12.3 Å². The summed E-state index contributed by atoms with van der Waals surface area (Å²) in [6.07, 6.45) is 0. The monoisotopic (exact) mass is 307 g/mol. The quantitative estimate of drug-likeness (QED) is 0.869. The van der Waals surface area contributed by atoms with Crippen molar-refractivity contribution < 1.29 is 18.3 Å². The van der Waals surface area contributed by atoms with Gasteiger partial charge >= 0.3 is 5.97 Å². The van der Waals surface area contributed by atoms with E-state index in [2.05, 4.69) is 21.2 Å². The molecule has 1 aromatic carbocycles. The van der Waals surface area contributed by atoms with Crippen LogP contribution >= 0.6 is 15.9 Å². The Morgan fingerprint density at radius 2 is 2.18 bits per heavy atom. The summed E-state index contributed by atoms with van der Waals surface area (Å²) in [7, 11) is 0. The molecule has 0 fully saturated rings. The second-order valence-corrected chi connectivity index (χ2v) is 4.22. The standard InChI is InChI=1S/C11H12BrF2NO2/c1-3-17-11(16)6(2)15-10-8(12)4-7(13)5-9(10)14/h4-6,15H,3H2,1-2H3. The molecular formula is C11H12BrF2NO2. The van der Waals surface area contributed by atoms with Gasteiger partial charge in [0, 0.05) is 10.5 Å². The second-order valence-electron chi connectivity index (χ2n) is 3.36. The minimum atomic E-state index is -0.770. The molecule has 94 valence electrons. The summed E-state index contributed by atoms with van der Waals surface area (Å²) < 4.78 is 31.3. The maximum absolute atomic E-state index is 13.4. The lowest BCUT2D eigenvalue weighted by Gasteiger charge is -2.15. The molecule has 0 bridgehead atoms. The van der Waals surface area contributed by atoms with Crippen LogP contribution in [0.15, 0.2) is 16.6 Å². The lowest BCUT2D eigenvalue weighted by Crippen LogP contribution is -2.28. The minimum Gasteiger partial charge on any atom is -0.464 e. The van der Waals surface area contributed by atoms with Crippen molar-refractivity contribution in [2.45, 2.75) is 19.9 Å².